The van der Waals surface area contributed by atoms with Crippen LogP contribution in [0.3, 0.4) is 0 Å². The van der Waals surface area contributed by atoms with Gasteiger partial charge in [0.15, 0.2) is 0 Å². The molecule has 0 spiro atoms. The summed E-state index contributed by atoms with van der Waals surface area (Å²) in [6.45, 7) is 7.63. The highest BCUT2D eigenvalue weighted by Gasteiger charge is 2.18. The first-order valence-electron chi connectivity index (χ1n) is 8.46. The summed E-state index contributed by atoms with van der Waals surface area (Å²) < 4.78 is 10.8. The maximum atomic E-state index is 12.8. The minimum atomic E-state index is -0.197. The van der Waals surface area contributed by atoms with E-state index in [1.807, 2.05) is 64.1 Å². The van der Waals surface area contributed by atoms with Crippen LogP contribution in [-0.4, -0.2) is 11.1 Å². The number of rotatable bonds is 6. The monoisotopic (exact) mass is 370 g/mol. The summed E-state index contributed by atoms with van der Waals surface area (Å²) >= 11 is 1.60. The molecule has 0 saturated carbocycles. The molecule has 0 radical (unpaired) electrons. The van der Waals surface area contributed by atoms with Crippen LogP contribution in [-0.2, 0) is 5.75 Å². The topological polar surface area (TPSA) is 68.3 Å². The van der Waals surface area contributed by atoms with Crippen molar-refractivity contribution in [3.8, 4) is 0 Å². The molecule has 1 atom stereocenters. The van der Waals surface area contributed by atoms with E-state index in [9.17, 15) is 4.79 Å². The average Bonchev–Trinajstić information content (AvgIpc) is 3.19. The second-order valence-corrected chi connectivity index (χ2v) is 7.25. The Balaban J connectivity index is 1.73. The molecular formula is C20H22N2O3S. The van der Waals surface area contributed by atoms with Crippen LogP contribution in [0.25, 0.3) is 0 Å². The lowest BCUT2D eigenvalue weighted by molar-refractivity contribution is 0.0932. The molecule has 3 rings (SSSR count). The molecule has 2 aromatic heterocycles. The first-order valence-corrected chi connectivity index (χ1v) is 9.45. The van der Waals surface area contributed by atoms with Gasteiger partial charge in [-0.3, -0.25) is 4.79 Å². The van der Waals surface area contributed by atoms with Gasteiger partial charge in [0.25, 0.3) is 5.91 Å². The van der Waals surface area contributed by atoms with Crippen molar-refractivity contribution in [2.24, 2.45) is 0 Å². The molecule has 136 valence electrons. The standard InChI is InChI=1S/C20H22N2O3S/c1-12-9-10-18(24-12)14(3)21-20(23)16-7-5-6-8-19(16)26-11-17-13(2)22-25-15(17)4/h5-10,14H,11H2,1-4H3,(H,21,23). The lowest BCUT2D eigenvalue weighted by Gasteiger charge is -2.14. The number of carbonyl (C=O) groups excluding carboxylic acids is 1. The van der Waals surface area contributed by atoms with E-state index in [-0.39, 0.29) is 11.9 Å². The number of aryl methyl sites for hydroxylation is 3. The van der Waals surface area contributed by atoms with Gasteiger partial charge in [0.05, 0.1) is 17.3 Å². The number of hydrogen-bond acceptors (Lipinski definition) is 5. The van der Waals surface area contributed by atoms with Crippen molar-refractivity contribution in [3.05, 3.63) is 70.5 Å². The number of hydrogen-bond donors (Lipinski definition) is 1. The summed E-state index contributed by atoms with van der Waals surface area (Å²) in [7, 11) is 0. The van der Waals surface area contributed by atoms with Crippen molar-refractivity contribution >= 4 is 17.7 Å². The maximum absolute atomic E-state index is 12.8. The number of furan rings is 1. The summed E-state index contributed by atoms with van der Waals surface area (Å²) in [5.74, 6) is 2.98. The molecule has 2 heterocycles. The van der Waals surface area contributed by atoms with Crippen LogP contribution in [0.5, 0.6) is 0 Å². The Hall–Kier alpha value is -2.47. The van der Waals surface area contributed by atoms with Crippen LogP contribution in [0.2, 0.25) is 0 Å². The lowest BCUT2D eigenvalue weighted by atomic mass is 10.2. The molecular weight excluding hydrogens is 348 g/mol. The van der Waals surface area contributed by atoms with E-state index in [0.717, 1.165) is 33.4 Å². The Morgan fingerprint density at radius 3 is 2.62 bits per heavy atom. The molecule has 0 bridgehead atoms. The van der Waals surface area contributed by atoms with Crippen LogP contribution in [0.1, 0.15) is 51.9 Å². The van der Waals surface area contributed by atoms with Crippen molar-refractivity contribution in [2.75, 3.05) is 0 Å². The fourth-order valence-corrected chi connectivity index (χ4v) is 3.87. The van der Waals surface area contributed by atoms with E-state index in [1.54, 1.807) is 11.8 Å². The normalized spacial score (nSPS) is 12.2. The fourth-order valence-electron chi connectivity index (χ4n) is 2.67. The van der Waals surface area contributed by atoms with Gasteiger partial charge in [-0.15, -0.1) is 11.8 Å². The minimum absolute atomic E-state index is 0.117. The van der Waals surface area contributed by atoms with Crippen molar-refractivity contribution in [1.82, 2.24) is 10.5 Å². The predicted molar refractivity (Wildman–Crippen MR) is 101 cm³/mol. The SMILES string of the molecule is Cc1ccc(C(C)NC(=O)c2ccccc2SCc2c(C)noc2C)o1. The highest BCUT2D eigenvalue weighted by Crippen LogP contribution is 2.29. The van der Waals surface area contributed by atoms with Crippen molar-refractivity contribution in [2.45, 2.75) is 44.4 Å². The quantitative estimate of drug-likeness (QED) is 0.620. The highest BCUT2D eigenvalue weighted by atomic mass is 32.2. The summed E-state index contributed by atoms with van der Waals surface area (Å²) in [6.07, 6.45) is 0. The van der Waals surface area contributed by atoms with Gasteiger partial charge in [-0.05, 0) is 52.0 Å². The van der Waals surface area contributed by atoms with Crippen LogP contribution >= 0.6 is 11.8 Å². The minimum Gasteiger partial charge on any atom is -0.464 e. The molecule has 1 amide bonds. The molecule has 1 aromatic carbocycles. The molecule has 5 nitrogen and oxygen atoms in total. The van der Waals surface area contributed by atoms with Crippen LogP contribution in [0.15, 0.2) is 50.2 Å². The Kier molecular flexibility index (Phi) is 5.52. The smallest absolute Gasteiger partial charge is 0.252 e. The zero-order valence-electron chi connectivity index (χ0n) is 15.3. The van der Waals surface area contributed by atoms with Crippen LogP contribution in [0, 0.1) is 20.8 Å². The van der Waals surface area contributed by atoms with Gasteiger partial charge in [-0.2, -0.15) is 0 Å². The first-order chi connectivity index (χ1) is 12.5. The third kappa shape index (κ3) is 4.02. The number of amides is 1. The van der Waals surface area contributed by atoms with Gasteiger partial charge in [-0.25, -0.2) is 0 Å². The molecule has 1 N–H and O–H groups in total. The summed E-state index contributed by atoms with van der Waals surface area (Å²) in [4.78, 5) is 13.7. The predicted octanol–water partition coefficient (Wildman–Crippen LogP) is 4.98. The molecule has 0 fully saturated rings. The van der Waals surface area contributed by atoms with E-state index in [1.165, 1.54) is 0 Å². The third-order valence-electron chi connectivity index (χ3n) is 4.22. The Bertz CT molecular complexity index is 894. The van der Waals surface area contributed by atoms with E-state index in [0.29, 0.717) is 11.3 Å². The number of nitrogens with zero attached hydrogens (tertiary/aromatic N) is 1. The molecule has 3 aromatic rings. The Labute approximate surface area is 157 Å². The average molecular weight is 370 g/mol. The zero-order chi connectivity index (χ0) is 18.7. The summed E-state index contributed by atoms with van der Waals surface area (Å²) in [5, 5.41) is 6.99. The molecule has 0 aliphatic carbocycles. The largest absolute Gasteiger partial charge is 0.464 e. The van der Waals surface area contributed by atoms with E-state index in [2.05, 4.69) is 10.5 Å². The third-order valence-corrected chi connectivity index (χ3v) is 5.32. The first kappa shape index (κ1) is 18.3. The number of benzene rings is 1. The van der Waals surface area contributed by atoms with Crippen molar-refractivity contribution in [3.63, 3.8) is 0 Å². The lowest BCUT2D eigenvalue weighted by Crippen LogP contribution is -2.26. The van der Waals surface area contributed by atoms with Gasteiger partial charge in [0, 0.05) is 16.2 Å². The van der Waals surface area contributed by atoms with Crippen molar-refractivity contribution < 1.29 is 13.7 Å². The summed E-state index contributed by atoms with van der Waals surface area (Å²) in [5.41, 5.74) is 2.61. The van der Waals surface area contributed by atoms with Gasteiger partial charge in [0.2, 0.25) is 0 Å². The van der Waals surface area contributed by atoms with Gasteiger partial charge in [0.1, 0.15) is 17.3 Å². The van der Waals surface area contributed by atoms with Gasteiger partial charge in [-0.1, -0.05) is 17.3 Å². The Morgan fingerprint density at radius 2 is 1.96 bits per heavy atom. The Morgan fingerprint density at radius 1 is 1.19 bits per heavy atom. The number of carbonyl (C=O) groups is 1. The number of nitrogens with one attached hydrogen (secondary N) is 1. The van der Waals surface area contributed by atoms with Crippen molar-refractivity contribution in [1.29, 1.82) is 0 Å². The van der Waals surface area contributed by atoms with E-state index >= 15 is 0 Å². The second kappa shape index (κ2) is 7.83. The molecule has 26 heavy (non-hydrogen) atoms. The van der Waals surface area contributed by atoms with Crippen LogP contribution < -0.4 is 5.32 Å². The highest BCUT2D eigenvalue weighted by molar-refractivity contribution is 7.98. The fraction of sp³-hybridized carbons (Fsp3) is 0.300. The summed E-state index contributed by atoms with van der Waals surface area (Å²) in [6, 6.07) is 11.2. The van der Waals surface area contributed by atoms with Gasteiger partial charge >= 0.3 is 0 Å². The molecule has 0 saturated heterocycles. The van der Waals surface area contributed by atoms with E-state index < -0.39 is 0 Å². The zero-order valence-corrected chi connectivity index (χ0v) is 16.1. The van der Waals surface area contributed by atoms with E-state index in [4.69, 9.17) is 8.94 Å². The van der Waals surface area contributed by atoms with Gasteiger partial charge < -0.3 is 14.3 Å². The molecule has 0 aliphatic rings. The molecule has 0 aliphatic heterocycles. The van der Waals surface area contributed by atoms with Crippen LogP contribution in [0.4, 0.5) is 0 Å². The number of aromatic nitrogens is 1. The molecule has 1 unspecified atom stereocenters. The maximum Gasteiger partial charge on any atom is 0.252 e. The second-order valence-electron chi connectivity index (χ2n) is 6.23. The molecule has 6 heteroatoms. The number of thioether (sulfide) groups is 1.